The molecule has 0 spiro atoms. The van der Waals surface area contributed by atoms with E-state index in [1.54, 1.807) is 6.08 Å². The van der Waals surface area contributed by atoms with Crippen LogP contribution in [0.5, 0.6) is 0 Å². The van der Waals surface area contributed by atoms with Gasteiger partial charge in [-0.1, -0.05) is 17.7 Å². The predicted octanol–water partition coefficient (Wildman–Crippen LogP) is 1.67. The second-order valence-electron chi connectivity index (χ2n) is 4.07. The van der Waals surface area contributed by atoms with E-state index < -0.39 is 4.65 Å². The first-order chi connectivity index (χ1) is 6.50. The van der Waals surface area contributed by atoms with Gasteiger partial charge in [-0.15, -0.1) is 0 Å². The Kier molecular flexibility index (Phi) is 1.94. The number of hydrogen-bond donors (Lipinski definition) is 0. The van der Waals surface area contributed by atoms with E-state index in [0.29, 0.717) is 12.1 Å². The van der Waals surface area contributed by atoms with Crippen LogP contribution in [0, 0.1) is 5.21 Å². The zero-order chi connectivity index (χ0) is 10.3. The first kappa shape index (κ1) is 9.37. The standard InChI is InChI=1S/C11H13NO2/c1-8-3-5-9-7-12(2,14)11(13)10(9)6-4-8/h3-4,6H,5,7H2,1-2H3. The highest BCUT2D eigenvalue weighted by Gasteiger charge is 2.36. The summed E-state index contributed by atoms with van der Waals surface area (Å²) in [6.07, 6.45) is 6.46. The smallest absolute Gasteiger partial charge is 0.346 e. The van der Waals surface area contributed by atoms with Gasteiger partial charge in [-0.05, 0) is 19.4 Å². The van der Waals surface area contributed by atoms with E-state index in [2.05, 4.69) is 6.08 Å². The molecule has 14 heavy (non-hydrogen) atoms. The molecule has 1 heterocycles. The molecule has 0 saturated heterocycles. The van der Waals surface area contributed by atoms with E-state index in [1.165, 1.54) is 7.05 Å². The third kappa shape index (κ3) is 1.35. The maximum absolute atomic E-state index is 11.7. The lowest BCUT2D eigenvalue weighted by Gasteiger charge is -2.30. The van der Waals surface area contributed by atoms with E-state index in [-0.39, 0.29) is 5.91 Å². The van der Waals surface area contributed by atoms with Gasteiger partial charge in [0.15, 0.2) is 0 Å². The van der Waals surface area contributed by atoms with Crippen molar-refractivity contribution in [1.29, 1.82) is 0 Å². The molecule has 1 unspecified atom stereocenters. The van der Waals surface area contributed by atoms with Crippen molar-refractivity contribution >= 4 is 5.91 Å². The fraction of sp³-hybridized carbons (Fsp3) is 0.364. The van der Waals surface area contributed by atoms with Crippen LogP contribution in [0.1, 0.15) is 13.3 Å². The van der Waals surface area contributed by atoms with Crippen LogP contribution in [0.25, 0.3) is 0 Å². The molecule has 1 atom stereocenters. The van der Waals surface area contributed by atoms with Crippen molar-refractivity contribution in [2.45, 2.75) is 13.3 Å². The van der Waals surface area contributed by atoms with Crippen molar-refractivity contribution in [3.8, 4) is 0 Å². The van der Waals surface area contributed by atoms with Crippen LogP contribution in [0.2, 0.25) is 0 Å². The van der Waals surface area contributed by atoms with Crippen LogP contribution in [-0.4, -0.2) is 24.1 Å². The van der Waals surface area contributed by atoms with E-state index in [0.717, 1.165) is 17.6 Å². The van der Waals surface area contributed by atoms with Crippen molar-refractivity contribution in [2.75, 3.05) is 13.6 Å². The van der Waals surface area contributed by atoms with Gasteiger partial charge in [0.25, 0.3) is 0 Å². The third-order valence-corrected chi connectivity index (χ3v) is 2.72. The molecule has 0 aromatic heterocycles. The molecule has 74 valence electrons. The Balaban J connectivity index is 2.38. The average Bonchev–Trinajstić information content (AvgIpc) is 2.24. The van der Waals surface area contributed by atoms with Gasteiger partial charge in [0.05, 0.1) is 12.6 Å². The summed E-state index contributed by atoms with van der Waals surface area (Å²) < 4.78 is -0.776. The van der Waals surface area contributed by atoms with Gasteiger partial charge in [-0.25, -0.2) is 4.79 Å². The van der Waals surface area contributed by atoms with Gasteiger partial charge >= 0.3 is 5.91 Å². The topological polar surface area (TPSA) is 40.1 Å². The molecular formula is C11H13NO2. The predicted molar refractivity (Wildman–Crippen MR) is 54.0 cm³/mol. The van der Waals surface area contributed by atoms with Crippen molar-refractivity contribution in [2.24, 2.45) is 0 Å². The molecule has 0 saturated carbocycles. The molecule has 1 aliphatic heterocycles. The van der Waals surface area contributed by atoms with Gasteiger partial charge in [0, 0.05) is 5.57 Å². The van der Waals surface area contributed by atoms with E-state index in [4.69, 9.17) is 0 Å². The Hall–Kier alpha value is -1.19. The van der Waals surface area contributed by atoms with Crippen molar-refractivity contribution < 1.29 is 9.44 Å². The van der Waals surface area contributed by atoms with Crippen LogP contribution in [0.4, 0.5) is 0 Å². The number of rotatable bonds is 0. The van der Waals surface area contributed by atoms with Crippen LogP contribution >= 0.6 is 0 Å². The number of allylic oxidation sites excluding steroid dienone is 3. The summed E-state index contributed by atoms with van der Waals surface area (Å²) in [6.45, 7) is 2.30. The number of quaternary nitrogens is 1. The molecule has 0 aromatic carbocycles. The minimum Gasteiger partial charge on any atom is -0.625 e. The van der Waals surface area contributed by atoms with Crippen molar-refractivity contribution in [3.63, 3.8) is 0 Å². The first-order valence-electron chi connectivity index (χ1n) is 4.69. The summed E-state index contributed by atoms with van der Waals surface area (Å²) in [4.78, 5) is 11.6. The van der Waals surface area contributed by atoms with E-state index in [9.17, 15) is 10.0 Å². The fourth-order valence-electron chi connectivity index (χ4n) is 1.86. The summed E-state index contributed by atoms with van der Waals surface area (Å²) in [5.41, 5.74) is 2.74. The highest BCUT2D eigenvalue weighted by Crippen LogP contribution is 2.29. The summed E-state index contributed by atoms with van der Waals surface area (Å²) >= 11 is 0. The Bertz CT molecular complexity index is 386. The molecule has 1 aliphatic carbocycles. The number of hydroxylamine groups is 3. The lowest BCUT2D eigenvalue weighted by Crippen LogP contribution is -2.40. The second kappa shape index (κ2) is 2.90. The van der Waals surface area contributed by atoms with Crippen LogP contribution < -0.4 is 0 Å². The minimum absolute atomic E-state index is 0.306. The zero-order valence-corrected chi connectivity index (χ0v) is 8.41. The normalized spacial score (nSPS) is 31.6. The summed E-state index contributed by atoms with van der Waals surface area (Å²) in [5.74, 6) is -0.306. The molecule has 0 aromatic rings. The van der Waals surface area contributed by atoms with Gasteiger partial charge in [0.2, 0.25) is 0 Å². The van der Waals surface area contributed by atoms with Crippen molar-refractivity contribution in [3.05, 3.63) is 40.2 Å². The summed E-state index contributed by atoms with van der Waals surface area (Å²) in [5, 5.41) is 11.7. The number of likely N-dealkylation sites (N-methyl/N-ethyl adjacent to an activating group) is 1. The molecule has 2 rings (SSSR count). The Morgan fingerprint density at radius 2 is 2.14 bits per heavy atom. The summed E-state index contributed by atoms with van der Waals surface area (Å²) in [7, 11) is 1.42. The highest BCUT2D eigenvalue weighted by molar-refractivity contribution is 5.94. The largest absolute Gasteiger partial charge is 0.625 e. The van der Waals surface area contributed by atoms with Gasteiger partial charge < -0.3 is 5.21 Å². The van der Waals surface area contributed by atoms with Crippen LogP contribution in [0.3, 0.4) is 0 Å². The highest BCUT2D eigenvalue weighted by atomic mass is 16.6. The Morgan fingerprint density at radius 1 is 1.43 bits per heavy atom. The summed E-state index contributed by atoms with van der Waals surface area (Å²) in [6, 6.07) is 0. The molecular weight excluding hydrogens is 178 g/mol. The molecule has 0 N–H and O–H groups in total. The maximum Gasteiger partial charge on any atom is 0.346 e. The average molecular weight is 191 g/mol. The minimum atomic E-state index is -0.776. The lowest BCUT2D eigenvalue weighted by atomic mass is 10.1. The Morgan fingerprint density at radius 3 is 2.86 bits per heavy atom. The quantitative estimate of drug-likeness (QED) is 0.431. The molecule has 0 bridgehead atoms. The van der Waals surface area contributed by atoms with E-state index >= 15 is 0 Å². The second-order valence-corrected chi connectivity index (χ2v) is 4.07. The van der Waals surface area contributed by atoms with Gasteiger partial charge in [-0.2, -0.15) is 0 Å². The molecule has 2 aliphatic rings. The fourth-order valence-corrected chi connectivity index (χ4v) is 1.86. The van der Waals surface area contributed by atoms with Crippen LogP contribution in [0.15, 0.2) is 34.9 Å². The molecule has 1 amide bonds. The SMILES string of the molecule is CC1=CCC2=C(C=C1)C(=O)[N+](C)([O-])C2. The lowest BCUT2D eigenvalue weighted by molar-refractivity contribution is -0.770. The molecule has 0 radical (unpaired) electrons. The van der Waals surface area contributed by atoms with E-state index in [1.807, 2.05) is 13.0 Å². The van der Waals surface area contributed by atoms with Gasteiger partial charge in [0.1, 0.15) is 6.54 Å². The molecule has 0 fully saturated rings. The monoisotopic (exact) mass is 191 g/mol. The molecule has 3 heteroatoms. The number of carbonyl (C=O) groups is 1. The van der Waals surface area contributed by atoms with Crippen molar-refractivity contribution in [1.82, 2.24) is 0 Å². The maximum atomic E-state index is 11.7. The third-order valence-electron chi connectivity index (χ3n) is 2.72. The first-order valence-corrected chi connectivity index (χ1v) is 4.69. The Labute approximate surface area is 83.2 Å². The van der Waals surface area contributed by atoms with Gasteiger partial charge in [-0.3, -0.25) is 4.65 Å². The number of carbonyl (C=O) groups excluding carboxylic acids is 1. The number of hydrogen-bond acceptors (Lipinski definition) is 2. The van der Waals surface area contributed by atoms with Crippen LogP contribution in [-0.2, 0) is 4.79 Å². The molecule has 3 nitrogen and oxygen atoms in total. The zero-order valence-electron chi connectivity index (χ0n) is 8.41. The number of amides is 1. The number of nitrogens with zero attached hydrogens (tertiary/aromatic N) is 1.